The van der Waals surface area contributed by atoms with Crippen molar-refractivity contribution >= 4 is 51.1 Å². The van der Waals surface area contributed by atoms with E-state index in [1.54, 1.807) is 7.11 Å². The summed E-state index contributed by atoms with van der Waals surface area (Å²) in [5, 5.41) is 2.82. The monoisotopic (exact) mass is 421 g/mol. The largest absolute Gasteiger partial charge is 0.383 e. The van der Waals surface area contributed by atoms with Crippen LogP contribution in [0.5, 0.6) is 0 Å². The molecule has 0 aliphatic rings. The van der Waals surface area contributed by atoms with Crippen molar-refractivity contribution in [2.45, 2.75) is 13.0 Å². The van der Waals surface area contributed by atoms with Crippen molar-refractivity contribution in [2.75, 3.05) is 26.1 Å². The minimum Gasteiger partial charge on any atom is -0.383 e. The third-order valence-electron chi connectivity index (χ3n) is 3.04. The van der Waals surface area contributed by atoms with Gasteiger partial charge in [0.15, 0.2) is 0 Å². The van der Waals surface area contributed by atoms with Gasteiger partial charge in [-0.15, -0.1) is 11.6 Å². The number of carbonyl (C=O) groups excluding carboxylic acids is 1. The highest BCUT2D eigenvalue weighted by molar-refractivity contribution is 14.1. The first-order valence-corrected chi connectivity index (χ1v) is 8.23. The van der Waals surface area contributed by atoms with Gasteiger partial charge in [0.05, 0.1) is 17.6 Å². The zero-order valence-corrected chi connectivity index (χ0v) is 14.6. The number of amides is 1. The molecule has 1 aromatic carbocycles. The summed E-state index contributed by atoms with van der Waals surface area (Å²) in [5.41, 5.74) is 1.85. The third kappa shape index (κ3) is 4.31. The molecular formula is C14H17ClIN3O2. The van der Waals surface area contributed by atoms with Crippen LogP contribution in [0.15, 0.2) is 18.2 Å². The summed E-state index contributed by atoms with van der Waals surface area (Å²) in [4.78, 5) is 16.6. The first-order valence-electron chi connectivity index (χ1n) is 6.62. The minimum atomic E-state index is -0.0549. The van der Waals surface area contributed by atoms with Crippen molar-refractivity contribution in [3.05, 3.63) is 27.6 Å². The number of nitrogens with zero attached hydrogens (tertiary/aromatic N) is 2. The van der Waals surface area contributed by atoms with Crippen LogP contribution in [0.4, 0.5) is 0 Å². The molecule has 2 aromatic rings. The quantitative estimate of drug-likeness (QED) is 0.424. The summed E-state index contributed by atoms with van der Waals surface area (Å²) < 4.78 is 7.96. The molecule has 5 nitrogen and oxygen atoms in total. The number of ether oxygens (including phenoxy) is 1. The van der Waals surface area contributed by atoms with E-state index >= 15 is 0 Å². The fraction of sp³-hybridized carbons (Fsp3) is 0.429. The van der Waals surface area contributed by atoms with Crippen molar-refractivity contribution < 1.29 is 9.53 Å². The lowest BCUT2D eigenvalue weighted by molar-refractivity contribution is -0.121. The molecule has 1 amide bonds. The maximum atomic E-state index is 12.0. The Balaban J connectivity index is 2.23. The van der Waals surface area contributed by atoms with Crippen LogP contribution in [0.1, 0.15) is 5.82 Å². The Bertz CT molecular complexity index is 630. The van der Waals surface area contributed by atoms with Crippen molar-refractivity contribution in [1.82, 2.24) is 14.9 Å². The Hall–Kier alpha value is -0.860. The van der Waals surface area contributed by atoms with Gasteiger partial charge in [-0.3, -0.25) is 4.79 Å². The minimum absolute atomic E-state index is 0.0549. The summed E-state index contributed by atoms with van der Waals surface area (Å²) >= 11 is 8.08. The summed E-state index contributed by atoms with van der Waals surface area (Å²) in [5.74, 6) is 1.26. The maximum Gasteiger partial charge on any atom is 0.240 e. The molecule has 0 aliphatic heterocycles. The second-order valence-electron chi connectivity index (χ2n) is 4.53. The van der Waals surface area contributed by atoms with E-state index < -0.39 is 0 Å². The van der Waals surface area contributed by atoms with E-state index in [9.17, 15) is 4.79 Å². The molecule has 0 fully saturated rings. The molecule has 21 heavy (non-hydrogen) atoms. The van der Waals surface area contributed by atoms with Crippen LogP contribution in [-0.4, -0.2) is 41.6 Å². The van der Waals surface area contributed by atoms with Crippen molar-refractivity contribution in [3.8, 4) is 0 Å². The van der Waals surface area contributed by atoms with Gasteiger partial charge in [0.25, 0.3) is 0 Å². The van der Waals surface area contributed by atoms with Crippen LogP contribution >= 0.6 is 34.2 Å². The lowest BCUT2D eigenvalue weighted by Gasteiger charge is -2.09. The van der Waals surface area contributed by atoms with Crippen LogP contribution in [0.25, 0.3) is 11.0 Å². The van der Waals surface area contributed by atoms with Gasteiger partial charge >= 0.3 is 0 Å². The van der Waals surface area contributed by atoms with Gasteiger partial charge in [-0.2, -0.15) is 0 Å². The number of aromatic nitrogens is 2. The Morgan fingerprint density at radius 3 is 3.05 bits per heavy atom. The Labute approximate surface area is 142 Å². The molecule has 1 heterocycles. The number of nitrogens with one attached hydrogen (secondary N) is 1. The molecule has 0 atom stereocenters. The van der Waals surface area contributed by atoms with E-state index in [1.165, 1.54) is 0 Å². The highest BCUT2D eigenvalue weighted by atomic mass is 127. The maximum absolute atomic E-state index is 12.0. The average molecular weight is 422 g/mol. The smallest absolute Gasteiger partial charge is 0.240 e. The van der Waals surface area contributed by atoms with Gasteiger partial charge in [0, 0.05) is 29.5 Å². The molecule has 2 rings (SSSR count). The van der Waals surface area contributed by atoms with E-state index in [4.69, 9.17) is 16.3 Å². The fourth-order valence-electron chi connectivity index (χ4n) is 2.10. The highest BCUT2D eigenvalue weighted by Gasteiger charge is 2.13. The number of methoxy groups -OCH3 is 1. The number of halogens is 2. The van der Waals surface area contributed by atoms with Gasteiger partial charge in [-0.05, 0) is 40.8 Å². The molecule has 0 aliphatic carbocycles. The summed E-state index contributed by atoms with van der Waals surface area (Å²) in [6.45, 7) is 1.25. The molecule has 0 bridgehead atoms. The van der Waals surface area contributed by atoms with Crippen LogP contribution in [-0.2, 0) is 22.5 Å². The zero-order chi connectivity index (χ0) is 15.2. The van der Waals surface area contributed by atoms with Gasteiger partial charge in [0.1, 0.15) is 12.4 Å². The third-order valence-corrected chi connectivity index (χ3v) is 3.90. The van der Waals surface area contributed by atoms with Crippen LogP contribution in [0.2, 0.25) is 0 Å². The SMILES string of the molecule is COCCNC(=O)Cn1c(CCCl)nc2cc(I)ccc21. The van der Waals surface area contributed by atoms with E-state index in [0.717, 1.165) is 20.4 Å². The van der Waals surface area contributed by atoms with Gasteiger partial charge in [-0.1, -0.05) is 0 Å². The topological polar surface area (TPSA) is 56.1 Å². The standard InChI is InChI=1S/C14H17ClIN3O2/c1-21-7-6-17-14(20)9-19-12-3-2-10(16)8-11(12)18-13(19)4-5-15/h2-3,8H,4-7,9H2,1H3,(H,17,20). The molecule has 0 spiro atoms. The molecule has 0 unspecified atom stereocenters. The van der Waals surface area contributed by atoms with Crippen molar-refractivity contribution in [3.63, 3.8) is 0 Å². The number of imidazole rings is 1. The second-order valence-corrected chi connectivity index (χ2v) is 6.15. The summed E-state index contributed by atoms with van der Waals surface area (Å²) in [6, 6.07) is 6.01. The number of hydrogen-bond donors (Lipinski definition) is 1. The molecule has 0 saturated carbocycles. The predicted molar refractivity (Wildman–Crippen MR) is 91.8 cm³/mol. The zero-order valence-electron chi connectivity index (χ0n) is 11.7. The molecular weight excluding hydrogens is 405 g/mol. The average Bonchev–Trinajstić information content (AvgIpc) is 2.76. The van der Waals surface area contributed by atoms with E-state index in [-0.39, 0.29) is 12.5 Å². The van der Waals surface area contributed by atoms with Gasteiger partial charge < -0.3 is 14.6 Å². The van der Waals surface area contributed by atoms with Crippen LogP contribution < -0.4 is 5.32 Å². The summed E-state index contributed by atoms with van der Waals surface area (Å²) in [6.07, 6.45) is 0.637. The normalized spacial score (nSPS) is 11.0. The predicted octanol–water partition coefficient (Wildman–Crippen LogP) is 2.18. The summed E-state index contributed by atoms with van der Waals surface area (Å²) in [7, 11) is 1.61. The van der Waals surface area contributed by atoms with Crippen molar-refractivity contribution in [2.24, 2.45) is 0 Å². The number of aryl methyl sites for hydroxylation is 1. The lowest BCUT2D eigenvalue weighted by Crippen LogP contribution is -2.30. The number of hydrogen-bond acceptors (Lipinski definition) is 3. The number of alkyl halides is 1. The Morgan fingerprint density at radius 1 is 1.52 bits per heavy atom. The van der Waals surface area contributed by atoms with E-state index in [1.807, 2.05) is 22.8 Å². The second kappa shape index (κ2) is 7.95. The van der Waals surface area contributed by atoms with Crippen LogP contribution in [0, 0.1) is 3.57 Å². The number of rotatable bonds is 7. The molecule has 1 aromatic heterocycles. The molecule has 1 N–H and O–H groups in total. The van der Waals surface area contributed by atoms with Gasteiger partial charge in [-0.25, -0.2) is 4.98 Å². The van der Waals surface area contributed by atoms with E-state index in [0.29, 0.717) is 25.5 Å². The first-order chi connectivity index (χ1) is 10.2. The van der Waals surface area contributed by atoms with Gasteiger partial charge in [0.2, 0.25) is 5.91 Å². The number of benzene rings is 1. The molecule has 7 heteroatoms. The highest BCUT2D eigenvalue weighted by Crippen LogP contribution is 2.19. The molecule has 0 radical (unpaired) electrons. The molecule has 114 valence electrons. The first kappa shape index (κ1) is 16.5. The number of carbonyl (C=O) groups is 1. The Kier molecular flexibility index (Phi) is 6.25. The van der Waals surface area contributed by atoms with Crippen molar-refractivity contribution in [1.29, 1.82) is 0 Å². The van der Waals surface area contributed by atoms with Crippen LogP contribution in [0.3, 0.4) is 0 Å². The molecule has 0 saturated heterocycles. The fourth-order valence-corrected chi connectivity index (χ4v) is 2.74. The Morgan fingerprint density at radius 2 is 2.33 bits per heavy atom. The lowest BCUT2D eigenvalue weighted by atomic mass is 10.3. The van der Waals surface area contributed by atoms with E-state index in [2.05, 4.69) is 32.9 Å². The number of fused-ring (bicyclic) bond motifs is 1.